The lowest BCUT2D eigenvalue weighted by atomic mass is 10.1. The number of halogens is 4. The molecule has 0 N–H and O–H groups in total. The Hall–Kier alpha value is -1.34. The predicted octanol–water partition coefficient (Wildman–Crippen LogP) is 3.19. The van der Waals surface area contributed by atoms with Crippen molar-refractivity contribution >= 4 is 11.9 Å². The minimum Gasteiger partial charge on any atom is -0.462 e. The lowest BCUT2D eigenvalue weighted by molar-refractivity contribution is -0.180. The quantitative estimate of drug-likeness (QED) is 0.484. The Morgan fingerprint density at radius 2 is 1.62 bits per heavy atom. The first-order valence-corrected chi connectivity index (χ1v) is 6.61. The lowest BCUT2D eigenvalue weighted by Crippen LogP contribution is -2.33. The standard InChI is InChI=1S/C13H20F4O4/c1-4-9(8(2)3)21-11(19)6-5-10(18)20-7-13(16,17)12(14)15/h8-9,12H,4-7H2,1-3H3. The highest BCUT2D eigenvalue weighted by Gasteiger charge is 2.42. The van der Waals surface area contributed by atoms with E-state index in [0.717, 1.165) is 0 Å². The van der Waals surface area contributed by atoms with Crippen LogP contribution in [-0.4, -0.2) is 37.0 Å². The van der Waals surface area contributed by atoms with Gasteiger partial charge in [0.2, 0.25) is 0 Å². The van der Waals surface area contributed by atoms with Crippen molar-refractivity contribution in [2.75, 3.05) is 6.61 Å². The number of esters is 2. The summed E-state index contributed by atoms with van der Waals surface area (Å²) in [5.74, 6) is -6.09. The largest absolute Gasteiger partial charge is 0.462 e. The van der Waals surface area contributed by atoms with Crippen LogP contribution in [0.4, 0.5) is 17.6 Å². The van der Waals surface area contributed by atoms with Gasteiger partial charge in [0.25, 0.3) is 0 Å². The summed E-state index contributed by atoms with van der Waals surface area (Å²) in [4.78, 5) is 22.5. The van der Waals surface area contributed by atoms with Crippen molar-refractivity contribution in [1.82, 2.24) is 0 Å². The second kappa shape index (κ2) is 8.84. The molecule has 0 spiro atoms. The summed E-state index contributed by atoms with van der Waals surface area (Å²) in [5.41, 5.74) is 0. The molecule has 0 amide bonds. The Morgan fingerprint density at radius 3 is 2.05 bits per heavy atom. The van der Waals surface area contributed by atoms with Crippen LogP contribution in [0.1, 0.15) is 40.0 Å². The van der Waals surface area contributed by atoms with E-state index < -0.39 is 37.3 Å². The highest BCUT2D eigenvalue weighted by Crippen LogP contribution is 2.23. The van der Waals surface area contributed by atoms with Crippen molar-refractivity contribution in [3.8, 4) is 0 Å². The normalized spacial score (nSPS) is 13.4. The molecule has 0 aliphatic rings. The maximum Gasteiger partial charge on any atom is 0.340 e. The third-order valence-electron chi connectivity index (χ3n) is 2.71. The lowest BCUT2D eigenvalue weighted by Gasteiger charge is -2.19. The Balaban J connectivity index is 4.06. The van der Waals surface area contributed by atoms with Crippen LogP contribution < -0.4 is 0 Å². The van der Waals surface area contributed by atoms with Crippen molar-refractivity contribution in [2.24, 2.45) is 5.92 Å². The van der Waals surface area contributed by atoms with Gasteiger partial charge >= 0.3 is 24.3 Å². The minimum absolute atomic E-state index is 0.107. The number of alkyl halides is 4. The minimum atomic E-state index is -4.39. The van der Waals surface area contributed by atoms with Gasteiger partial charge in [-0.2, -0.15) is 8.78 Å². The summed E-state index contributed by atoms with van der Waals surface area (Å²) in [6.45, 7) is 3.85. The molecule has 8 heteroatoms. The molecule has 0 aliphatic heterocycles. The van der Waals surface area contributed by atoms with E-state index >= 15 is 0 Å². The zero-order valence-corrected chi connectivity index (χ0v) is 12.2. The molecular weight excluding hydrogens is 296 g/mol. The molecule has 0 bridgehead atoms. The molecule has 0 aliphatic carbocycles. The fraction of sp³-hybridized carbons (Fsp3) is 0.846. The Morgan fingerprint density at radius 1 is 1.10 bits per heavy atom. The number of hydrogen-bond acceptors (Lipinski definition) is 4. The Labute approximate surface area is 120 Å². The van der Waals surface area contributed by atoms with Crippen LogP contribution in [0.2, 0.25) is 0 Å². The molecular formula is C13H20F4O4. The fourth-order valence-electron chi connectivity index (χ4n) is 1.43. The summed E-state index contributed by atoms with van der Waals surface area (Å²) < 4.78 is 57.7. The maximum atomic E-state index is 12.5. The summed E-state index contributed by atoms with van der Waals surface area (Å²) in [6.07, 6.45) is -4.44. The monoisotopic (exact) mass is 316 g/mol. The van der Waals surface area contributed by atoms with Crippen LogP contribution >= 0.6 is 0 Å². The zero-order valence-electron chi connectivity index (χ0n) is 12.2. The predicted molar refractivity (Wildman–Crippen MR) is 66.2 cm³/mol. The number of rotatable bonds is 9. The first-order chi connectivity index (χ1) is 9.60. The Bertz CT molecular complexity index is 345. The molecule has 0 aromatic carbocycles. The van der Waals surface area contributed by atoms with Gasteiger partial charge in [0.05, 0.1) is 12.8 Å². The second-order valence-electron chi connectivity index (χ2n) is 4.90. The van der Waals surface area contributed by atoms with Crippen LogP contribution in [0.3, 0.4) is 0 Å². The van der Waals surface area contributed by atoms with E-state index in [-0.39, 0.29) is 18.4 Å². The zero-order chi connectivity index (χ0) is 16.6. The number of carbonyl (C=O) groups is 2. The smallest absolute Gasteiger partial charge is 0.340 e. The average molecular weight is 316 g/mol. The van der Waals surface area contributed by atoms with Crippen molar-refractivity contribution in [3.05, 3.63) is 0 Å². The van der Waals surface area contributed by atoms with E-state index in [1.54, 1.807) is 0 Å². The number of hydrogen-bond donors (Lipinski definition) is 0. The van der Waals surface area contributed by atoms with Gasteiger partial charge in [-0.15, -0.1) is 0 Å². The second-order valence-corrected chi connectivity index (χ2v) is 4.90. The molecule has 0 saturated heterocycles. The van der Waals surface area contributed by atoms with Crippen LogP contribution in [0.25, 0.3) is 0 Å². The van der Waals surface area contributed by atoms with Crippen molar-refractivity contribution < 1.29 is 36.6 Å². The molecule has 0 fully saturated rings. The molecule has 0 radical (unpaired) electrons. The molecule has 0 rings (SSSR count). The van der Waals surface area contributed by atoms with E-state index in [1.807, 2.05) is 20.8 Å². The molecule has 124 valence electrons. The summed E-state index contributed by atoms with van der Waals surface area (Å²) in [5, 5.41) is 0. The van der Waals surface area contributed by atoms with Gasteiger partial charge < -0.3 is 9.47 Å². The molecule has 0 heterocycles. The highest BCUT2D eigenvalue weighted by atomic mass is 19.3. The van der Waals surface area contributed by atoms with Crippen LogP contribution in [0, 0.1) is 5.92 Å². The van der Waals surface area contributed by atoms with Crippen LogP contribution in [0.15, 0.2) is 0 Å². The van der Waals surface area contributed by atoms with Gasteiger partial charge in [0.15, 0.2) is 6.61 Å². The third kappa shape index (κ3) is 7.87. The fourth-order valence-corrected chi connectivity index (χ4v) is 1.43. The number of ether oxygens (including phenoxy) is 2. The molecule has 1 atom stereocenters. The van der Waals surface area contributed by atoms with Crippen molar-refractivity contribution in [2.45, 2.75) is 58.5 Å². The molecule has 0 saturated carbocycles. The maximum absolute atomic E-state index is 12.5. The van der Waals surface area contributed by atoms with Gasteiger partial charge in [-0.25, -0.2) is 8.78 Å². The van der Waals surface area contributed by atoms with Gasteiger partial charge in [-0.3, -0.25) is 9.59 Å². The summed E-state index contributed by atoms with van der Waals surface area (Å²) >= 11 is 0. The first kappa shape index (κ1) is 19.7. The van der Waals surface area contributed by atoms with E-state index in [4.69, 9.17) is 4.74 Å². The van der Waals surface area contributed by atoms with Gasteiger partial charge in [-0.05, 0) is 12.3 Å². The van der Waals surface area contributed by atoms with E-state index in [9.17, 15) is 27.2 Å². The molecule has 21 heavy (non-hydrogen) atoms. The molecule has 0 aromatic rings. The van der Waals surface area contributed by atoms with Crippen LogP contribution in [-0.2, 0) is 19.1 Å². The van der Waals surface area contributed by atoms with E-state index in [0.29, 0.717) is 6.42 Å². The average Bonchev–Trinajstić information content (AvgIpc) is 2.39. The topological polar surface area (TPSA) is 52.6 Å². The van der Waals surface area contributed by atoms with Crippen molar-refractivity contribution in [1.29, 1.82) is 0 Å². The highest BCUT2D eigenvalue weighted by molar-refractivity contribution is 5.77. The SMILES string of the molecule is CCC(OC(=O)CCC(=O)OCC(F)(F)C(F)F)C(C)C. The molecule has 1 unspecified atom stereocenters. The van der Waals surface area contributed by atoms with Gasteiger partial charge in [0, 0.05) is 0 Å². The molecule has 4 nitrogen and oxygen atoms in total. The van der Waals surface area contributed by atoms with E-state index in [2.05, 4.69) is 4.74 Å². The van der Waals surface area contributed by atoms with Crippen LogP contribution in [0.5, 0.6) is 0 Å². The van der Waals surface area contributed by atoms with E-state index in [1.165, 1.54) is 0 Å². The third-order valence-corrected chi connectivity index (χ3v) is 2.71. The first-order valence-electron chi connectivity index (χ1n) is 6.61. The Kier molecular flexibility index (Phi) is 8.27. The van der Waals surface area contributed by atoms with Crippen molar-refractivity contribution in [3.63, 3.8) is 0 Å². The summed E-state index contributed by atoms with van der Waals surface area (Å²) in [6, 6.07) is 0. The van der Waals surface area contributed by atoms with Gasteiger partial charge in [0.1, 0.15) is 6.10 Å². The number of carbonyl (C=O) groups excluding carboxylic acids is 2. The molecule has 0 aromatic heterocycles. The summed E-state index contributed by atoms with van der Waals surface area (Å²) in [7, 11) is 0. The van der Waals surface area contributed by atoms with Gasteiger partial charge in [-0.1, -0.05) is 20.8 Å².